The van der Waals surface area contributed by atoms with E-state index in [1.165, 1.54) is 11.5 Å². The van der Waals surface area contributed by atoms with E-state index in [4.69, 9.17) is 11.6 Å². The van der Waals surface area contributed by atoms with Crippen LogP contribution >= 0.6 is 23.1 Å². The molecule has 114 valence electrons. The first-order valence-electron chi connectivity index (χ1n) is 6.96. The summed E-state index contributed by atoms with van der Waals surface area (Å²) >= 11 is 7.23. The Morgan fingerprint density at radius 2 is 1.86 bits per heavy atom. The minimum atomic E-state index is 0.298. The molecule has 2 aromatic heterocycles. The Kier molecular flexibility index (Phi) is 4.14. The van der Waals surface area contributed by atoms with Crippen molar-refractivity contribution in [1.29, 1.82) is 5.26 Å². The number of nitrogens with zero attached hydrogens (tertiary/aromatic N) is 6. The molecule has 22 heavy (non-hydrogen) atoms. The van der Waals surface area contributed by atoms with Crippen LogP contribution in [0, 0.1) is 25.2 Å². The van der Waals surface area contributed by atoms with Gasteiger partial charge in [-0.15, -0.1) is 0 Å². The fourth-order valence-electron chi connectivity index (χ4n) is 2.57. The fraction of sp³-hybridized carbons (Fsp3) is 0.429. The molecule has 6 nitrogen and oxygen atoms in total. The van der Waals surface area contributed by atoms with Crippen LogP contribution in [0.1, 0.15) is 17.1 Å². The summed E-state index contributed by atoms with van der Waals surface area (Å²) in [4.78, 5) is 13.2. The van der Waals surface area contributed by atoms with Crippen LogP contribution in [0.3, 0.4) is 0 Å². The first-order valence-corrected chi connectivity index (χ1v) is 8.11. The van der Waals surface area contributed by atoms with Crippen molar-refractivity contribution in [3.05, 3.63) is 28.3 Å². The highest BCUT2D eigenvalue weighted by Crippen LogP contribution is 2.32. The number of hydrogen-bond donors (Lipinski definition) is 0. The van der Waals surface area contributed by atoms with Gasteiger partial charge in [0.25, 0.3) is 0 Å². The van der Waals surface area contributed by atoms with E-state index >= 15 is 0 Å². The lowest BCUT2D eigenvalue weighted by atomic mass is 10.2. The molecule has 0 radical (unpaired) electrons. The van der Waals surface area contributed by atoms with Crippen molar-refractivity contribution in [1.82, 2.24) is 14.3 Å². The van der Waals surface area contributed by atoms with Crippen LogP contribution in [0.2, 0.25) is 5.15 Å². The molecular formula is C14H15ClN6S. The Balaban J connectivity index is 1.74. The Morgan fingerprint density at radius 1 is 1.18 bits per heavy atom. The number of piperazine rings is 1. The minimum absolute atomic E-state index is 0.298. The number of hydrogen-bond acceptors (Lipinski definition) is 7. The molecule has 3 heterocycles. The third-order valence-electron chi connectivity index (χ3n) is 3.59. The van der Waals surface area contributed by atoms with Gasteiger partial charge in [-0.05, 0) is 25.4 Å². The molecule has 1 saturated heterocycles. The van der Waals surface area contributed by atoms with Gasteiger partial charge in [0.1, 0.15) is 28.3 Å². The van der Waals surface area contributed by atoms with Crippen LogP contribution in [0.5, 0.6) is 0 Å². The summed E-state index contributed by atoms with van der Waals surface area (Å²) in [7, 11) is 0. The number of nitriles is 1. The Bertz CT molecular complexity index is 709. The maximum Gasteiger partial charge on any atom is 0.162 e. The smallest absolute Gasteiger partial charge is 0.162 e. The van der Waals surface area contributed by atoms with Crippen LogP contribution in [-0.2, 0) is 0 Å². The van der Waals surface area contributed by atoms with Crippen molar-refractivity contribution >= 4 is 34.0 Å². The van der Waals surface area contributed by atoms with Gasteiger partial charge in [0.15, 0.2) is 5.15 Å². The number of aryl methyl sites for hydroxylation is 2. The van der Waals surface area contributed by atoms with E-state index in [9.17, 15) is 5.26 Å². The number of anilines is 2. The summed E-state index contributed by atoms with van der Waals surface area (Å²) in [6.45, 7) is 7.20. The van der Waals surface area contributed by atoms with E-state index in [2.05, 4.69) is 30.2 Å². The molecular weight excluding hydrogens is 320 g/mol. The molecule has 0 spiro atoms. The van der Waals surface area contributed by atoms with Gasteiger partial charge in [-0.2, -0.15) is 9.64 Å². The van der Waals surface area contributed by atoms with E-state index in [1.807, 2.05) is 19.9 Å². The van der Waals surface area contributed by atoms with E-state index in [0.717, 1.165) is 48.5 Å². The number of halogens is 1. The van der Waals surface area contributed by atoms with Crippen molar-refractivity contribution in [2.24, 2.45) is 0 Å². The minimum Gasteiger partial charge on any atom is -0.358 e. The zero-order valence-corrected chi connectivity index (χ0v) is 13.9. The second-order valence-corrected chi connectivity index (χ2v) is 6.26. The normalized spacial score (nSPS) is 15.0. The standard InChI is InChI=1S/C14H15ClN6S/c1-9-7-12(18-10(2)17-9)20-3-5-21(6-4-20)14-11(8-16)13(15)19-22-14/h7H,3-6H2,1-2H3. The second-order valence-electron chi connectivity index (χ2n) is 5.15. The molecule has 0 saturated carbocycles. The molecule has 1 aliphatic rings. The summed E-state index contributed by atoms with van der Waals surface area (Å²) in [5, 5.41) is 10.3. The van der Waals surface area contributed by atoms with Gasteiger partial charge in [0.2, 0.25) is 0 Å². The molecule has 8 heteroatoms. The van der Waals surface area contributed by atoms with Crippen LogP contribution < -0.4 is 9.80 Å². The van der Waals surface area contributed by atoms with Crippen molar-refractivity contribution < 1.29 is 0 Å². The zero-order valence-electron chi connectivity index (χ0n) is 12.4. The topological polar surface area (TPSA) is 68.9 Å². The van der Waals surface area contributed by atoms with Gasteiger partial charge in [0.05, 0.1) is 0 Å². The molecule has 3 rings (SSSR count). The highest BCUT2D eigenvalue weighted by Gasteiger charge is 2.23. The van der Waals surface area contributed by atoms with Crippen molar-refractivity contribution in [3.63, 3.8) is 0 Å². The van der Waals surface area contributed by atoms with Crippen LogP contribution in [0.25, 0.3) is 0 Å². The lowest BCUT2D eigenvalue weighted by molar-refractivity contribution is 0.648. The van der Waals surface area contributed by atoms with Crippen molar-refractivity contribution in [3.8, 4) is 6.07 Å². The van der Waals surface area contributed by atoms with E-state index in [0.29, 0.717) is 10.7 Å². The Hall–Kier alpha value is -1.91. The predicted octanol–water partition coefficient (Wildman–Crippen LogP) is 2.40. The van der Waals surface area contributed by atoms with E-state index < -0.39 is 0 Å². The average Bonchev–Trinajstić information content (AvgIpc) is 2.87. The van der Waals surface area contributed by atoms with Gasteiger partial charge >= 0.3 is 0 Å². The molecule has 1 fully saturated rings. The number of rotatable bonds is 2. The SMILES string of the molecule is Cc1cc(N2CCN(c3snc(Cl)c3C#N)CC2)nc(C)n1. The predicted molar refractivity (Wildman–Crippen MR) is 87.8 cm³/mol. The van der Waals surface area contributed by atoms with Crippen molar-refractivity contribution in [2.75, 3.05) is 36.0 Å². The van der Waals surface area contributed by atoms with Crippen LogP contribution in [-0.4, -0.2) is 40.5 Å². The second kappa shape index (κ2) is 6.07. The summed E-state index contributed by atoms with van der Waals surface area (Å²) in [5.41, 5.74) is 1.46. The number of aromatic nitrogens is 3. The zero-order chi connectivity index (χ0) is 15.7. The molecule has 2 aromatic rings. The third-order valence-corrected chi connectivity index (χ3v) is 4.87. The Morgan fingerprint density at radius 3 is 2.50 bits per heavy atom. The molecule has 0 unspecified atom stereocenters. The van der Waals surface area contributed by atoms with Crippen LogP contribution in [0.15, 0.2) is 6.07 Å². The molecule has 0 N–H and O–H groups in total. The Labute approximate surface area is 138 Å². The quantitative estimate of drug-likeness (QED) is 0.840. The lowest BCUT2D eigenvalue weighted by Crippen LogP contribution is -2.46. The molecule has 0 atom stereocenters. The monoisotopic (exact) mass is 334 g/mol. The third kappa shape index (κ3) is 2.85. The van der Waals surface area contributed by atoms with Gasteiger partial charge in [-0.3, -0.25) is 0 Å². The highest BCUT2D eigenvalue weighted by atomic mass is 35.5. The van der Waals surface area contributed by atoms with Gasteiger partial charge < -0.3 is 9.80 Å². The maximum atomic E-state index is 9.19. The average molecular weight is 335 g/mol. The van der Waals surface area contributed by atoms with Gasteiger partial charge in [-0.1, -0.05) is 11.6 Å². The highest BCUT2D eigenvalue weighted by molar-refractivity contribution is 7.10. The van der Waals surface area contributed by atoms with E-state index in [-0.39, 0.29) is 0 Å². The molecule has 0 amide bonds. The first kappa shape index (κ1) is 15.0. The molecule has 0 aromatic carbocycles. The summed E-state index contributed by atoms with van der Waals surface area (Å²) in [6.07, 6.45) is 0. The van der Waals surface area contributed by atoms with Gasteiger partial charge in [0, 0.05) is 37.9 Å². The summed E-state index contributed by atoms with van der Waals surface area (Å²) in [5.74, 6) is 1.76. The summed E-state index contributed by atoms with van der Waals surface area (Å²) in [6, 6.07) is 4.15. The molecule has 0 aliphatic carbocycles. The lowest BCUT2D eigenvalue weighted by Gasteiger charge is -2.36. The van der Waals surface area contributed by atoms with Crippen molar-refractivity contribution in [2.45, 2.75) is 13.8 Å². The summed E-state index contributed by atoms with van der Waals surface area (Å²) < 4.78 is 4.07. The van der Waals surface area contributed by atoms with Gasteiger partial charge in [-0.25, -0.2) is 9.97 Å². The molecule has 0 bridgehead atoms. The fourth-order valence-corrected chi connectivity index (χ4v) is 3.65. The maximum absolute atomic E-state index is 9.19. The van der Waals surface area contributed by atoms with Crippen LogP contribution in [0.4, 0.5) is 10.8 Å². The van der Waals surface area contributed by atoms with E-state index in [1.54, 1.807) is 0 Å². The largest absolute Gasteiger partial charge is 0.358 e. The first-order chi connectivity index (χ1) is 10.6. The molecule has 1 aliphatic heterocycles.